The average molecular weight is 1360 g/mol. The second kappa shape index (κ2) is 32.5. The quantitative estimate of drug-likeness (QED) is 0.0261. The molecule has 0 aromatic heterocycles. The number of nitrogens with one attached hydrogen (secondary N) is 3. The van der Waals surface area contributed by atoms with Crippen LogP contribution in [-0.4, -0.2) is 98.1 Å². The zero-order valence-electron chi connectivity index (χ0n) is 48.7. The molecule has 0 aliphatic heterocycles. The number of sulfonamides is 3. The summed E-state index contributed by atoms with van der Waals surface area (Å²) >= 11 is 11.8. The van der Waals surface area contributed by atoms with Crippen molar-refractivity contribution in [3.05, 3.63) is 263 Å². The van der Waals surface area contributed by atoms with E-state index in [0.717, 1.165) is 10.8 Å². The Morgan fingerprint density at radius 1 is 0.323 bits per heavy atom. The first-order chi connectivity index (χ1) is 44.6. The van der Waals surface area contributed by atoms with Crippen molar-refractivity contribution in [2.24, 2.45) is 0 Å². The molecule has 0 radical (unpaired) electrons. The van der Waals surface area contributed by atoms with E-state index in [1.54, 1.807) is 146 Å². The largest absolute Gasteiger partial charge is 0.490 e. The molecule has 0 bridgehead atoms. The molecule has 0 atom stereocenters. The van der Waals surface area contributed by atoms with Crippen LogP contribution >= 0.6 is 23.2 Å². The van der Waals surface area contributed by atoms with Crippen LogP contribution < -0.4 is 42.6 Å². The van der Waals surface area contributed by atoms with Crippen LogP contribution in [0.1, 0.15) is 31.1 Å². The van der Waals surface area contributed by atoms with E-state index in [1.165, 1.54) is 66.7 Å². The summed E-state index contributed by atoms with van der Waals surface area (Å²) in [6.07, 6.45) is 0. The van der Waals surface area contributed by atoms with E-state index < -0.39 is 48.0 Å². The average Bonchev–Trinajstić information content (AvgIpc) is 1.21. The number of hydrogen-bond acceptors (Lipinski definition) is 15. The minimum absolute atomic E-state index is 0.0643. The van der Waals surface area contributed by atoms with Gasteiger partial charge in [0.1, 0.15) is 79.0 Å². The lowest BCUT2D eigenvalue weighted by Crippen LogP contribution is -2.13. The standard InChI is InChI=1S/C25H21NO6S.C21H17Cl2NO6S.C21H19NO6S/c27-25(28)19-5-10-22(11-6-19)31-15-16-32-23-12-8-21(9-13-23)26-33(29,30)24-14-7-18-3-1-2-4-20(18)17-24;22-15-3-10-19(23)20(13-15)31(27,28)24-16-4-8-18(9-5-16)30-12-11-29-17-6-1-14(2-7-17)21(25)26;23-21(24)16-6-10-18(11-7-16)27-14-15-28-19-12-8-17(9-13-19)22-29(25,26)20-4-2-1-3-5-20/h1-14,17,26H,15-16H2,(H,27,28);1-10,13,24H,11-12H2,(H,25,26);1-13,22H,14-15H2,(H,23,24). The third-order valence-corrected chi connectivity index (χ3v) is 17.6. The van der Waals surface area contributed by atoms with Crippen LogP contribution in [0.4, 0.5) is 17.1 Å². The number of anilines is 3. The van der Waals surface area contributed by atoms with Gasteiger partial charge in [-0.2, -0.15) is 0 Å². The van der Waals surface area contributed by atoms with Gasteiger partial charge < -0.3 is 43.7 Å². The molecule has 0 amide bonds. The maximum atomic E-state index is 12.7. The second-order valence-corrected chi connectivity index (χ2v) is 25.2. The lowest BCUT2D eigenvalue weighted by molar-refractivity contribution is 0.0686. The molecule has 0 heterocycles. The molecule has 0 saturated carbocycles. The first-order valence-electron chi connectivity index (χ1n) is 27.7. The summed E-state index contributed by atoms with van der Waals surface area (Å²) in [7, 11) is -11.3. The fourth-order valence-corrected chi connectivity index (χ4v) is 12.1. The van der Waals surface area contributed by atoms with Gasteiger partial charge in [0, 0.05) is 22.1 Å². The van der Waals surface area contributed by atoms with Gasteiger partial charge in [-0.25, -0.2) is 39.6 Å². The van der Waals surface area contributed by atoms with Gasteiger partial charge in [-0.3, -0.25) is 14.2 Å². The first-order valence-corrected chi connectivity index (χ1v) is 32.9. The van der Waals surface area contributed by atoms with Gasteiger partial charge in [-0.05, 0) is 199 Å². The Kier molecular flexibility index (Phi) is 23.9. The Morgan fingerprint density at radius 2 is 0.634 bits per heavy atom. The predicted octanol–water partition coefficient (Wildman–Crippen LogP) is 13.4. The van der Waals surface area contributed by atoms with Crippen LogP contribution in [0.2, 0.25) is 10.0 Å². The zero-order chi connectivity index (χ0) is 66.4. The third-order valence-electron chi connectivity index (χ3n) is 12.8. The molecule has 0 fully saturated rings. The van der Waals surface area contributed by atoms with Gasteiger partial charge in [0.05, 0.1) is 31.5 Å². The molecular weight excluding hydrogens is 1300 g/mol. The monoisotopic (exact) mass is 1360 g/mol. The molecule has 10 aromatic rings. The number of fused-ring (bicyclic) bond motifs is 1. The molecule has 93 heavy (non-hydrogen) atoms. The van der Waals surface area contributed by atoms with Crippen molar-refractivity contribution >= 4 is 99.0 Å². The topological polar surface area (TPSA) is 306 Å². The van der Waals surface area contributed by atoms with E-state index in [0.29, 0.717) is 51.6 Å². The van der Waals surface area contributed by atoms with E-state index in [1.807, 2.05) is 24.3 Å². The normalized spacial score (nSPS) is 11.0. The highest BCUT2D eigenvalue weighted by Crippen LogP contribution is 2.29. The van der Waals surface area contributed by atoms with Crippen molar-refractivity contribution in [3.8, 4) is 34.5 Å². The van der Waals surface area contributed by atoms with Crippen molar-refractivity contribution < 1.29 is 83.4 Å². The maximum absolute atomic E-state index is 12.7. The van der Waals surface area contributed by atoms with E-state index in [9.17, 15) is 39.6 Å². The Hall–Kier alpha value is -10.5. The maximum Gasteiger partial charge on any atom is 0.335 e. The number of halogens is 2. The molecule has 26 heteroatoms. The number of benzene rings is 10. The summed E-state index contributed by atoms with van der Waals surface area (Å²) in [5.41, 5.74) is 1.74. The van der Waals surface area contributed by atoms with E-state index in [-0.39, 0.29) is 81.1 Å². The predicted molar refractivity (Wildman–Crippen MR) is 352 cm³/mol. The summed E-state index contributed by atoms with van der Waals surface area (Å²) in [5.74, 6) is 0.280. The van der Waals surface area contributed by atoms with Crippen LogP contribution in [-0.2, 0) is 30.1 Å². The van der Waals surface area contributed by atoms with Crippen molar-refractivity contribution in [2.75, 3.05) is 53.8 Å². The van der Waals surface area contributed by atoms with E-state index in [2.05, 4.69) is 14.2 Å². The van der Waals surface area contributed by atoms with Crippen molar-refractivity contribution in [1.29, 1.82) is 0 Å². The molecule has 0 aliphatic carbocycles. The van der Waals surface area contributed by atoms with Gasteiger partial charge in [-0.1, -0.05) is 71.7 Å². The van der Waals surface area contributed by atoms with Gasteiger partial charge in [-0.15, -0.1) is 0 Å². The molecule has 0 saturated heterocycles. The molecule has 480 valence electrons. The number of aromatic carboxylic acids is 3. The minimum atomic E-state index is -3.90. The van der Waals surface area contributed by atoms with E-state index >= 15 is 0 Å². The van der Waals surface area contributed by atoms with Gasteiger partial charge >= 0.3 is 17.9 Å². The lowest BCUT2D eigenvalue weighted by Gasteiger charge is -2.11. The van der Waals surface area contributed by atoms with Gasteiger partial charge in [0.25, 0.3) is 30.1 Å². The fourth-order valence-electron chi connectivity index (χ4n) is 8.15. The molecule has 0 aliphatic rings. The Balaban J connectivity index is 0.000000180. The summed E-state index contributed by atoms with van der Waals surface area (Å²) in [4.78, 5) is 32.7. The van der Waals surface area contributed by atoms with Gasteiger partial charge in [0.15, 0.2) is 0 Å². The lowest BCUT2D eigenvalue weighted by atomic mass is 10.1. The number of carbonyl (C=O) groups is 3. The SMILES string of the molecule is O=C(O)c1ccc(OCCOc2ccc(NS(=O)(=O)c3cc(Cl)ccc3Cl)cc2)cc1.O=C(O)c1ccc(OCCOc2ccc(NS(=O)(=O)c3ccc4ccccc4c3)cc2)cc1.O=C(O)c1ccc(OCCOc2ccc(NS(=O)(=O)c3ccccc3)cc2)cc1. The van der Waals surface area contributed by atoms with E-state index in [4.69, 9.17) is 66.9 Å². The molecule has 0 unspecified atom stereocenters. The Bertz CT molecular complexity index is 4500. The van der Waals surface area contributed by atoms with Crippen LogP contribution in [0.5, 0.6) is 34.5 Å². The highest BCUT2D eigenvalue weighted by Gasteiger charge is 2.20. The van der Waals surface area contributed by atoms with Crippen LogP contribution in [0.15, 0.2) is 251 Å². The summed E-state index contributed by atoms with van der Waals surface area (Å²) in [5, 5.41) is 28.8. The first kappa shape index (κ1) is 68.4. The number of hydrogen-bond donors (Lipinski definition) is 6. The number of carboxylic acids is 3. The summed E-state index contributed by atoms with van der Waals surface area (Å²) in [6, 6.07) is 62.6. The molecule has 0 spiro atoms. The number of ether oxygens (including phenoxy) is 6. The third kappa shape index (κ3) is 21.0. The van der Waals surface area contributed by atoms with Crippen molar-refractivity contribution in [3.63, 3.8) is 0 Å². The molecule has 21 nitrogen and oxygen atoms in total. The molecule has 6 N–H and O–H groups in total. The smallest absolute Gasteiger partial charge is 0.335 e. The number of rotatable bonds is 27. The highest BCUT2D eigenvalue weighted by atomic mass is 35.5. The van der Waals surface area contributed by atoms with Crippen LogP contribution in [0.25, 0.3) is 10.8 Å². The second-order valence-electron chi connectivity index (χ2n) is 19.4. The minimum Gasteiger partial charge on any atom is -0.490 e. The fraction of sp³-hybridized carbons (Fsp3) is 0.0896. The highest BCUT2D eigenvalue weighted by molar-refractivity contribution is 7.93. The Morgan fingerprint density at radius 3 is 0.989 bits per heavy atom. The van der Waals surface area contributed by atoms with Crippen LogP contribution in [0, 0.1) is 0 Å². The Labute approximate surface area is 545 Å². The molecular formula is C67H57Cl2N3O18S3. The van der Waals surface area contributed by atoms with Crippen molar-refractivity contribution in [1.82, 2.24) is 0 Å². The number of carboxylic acid groups (broad SMARTS) is 3. The summed E-state index contributed by atoms with van der Waals surface area (Å²) in [6.45, 7) is 1.56. The molecule has 10 aromatic carbocycles. The van der Waals surface area contributed by atoms with Gasteiger partial charge in [0.2, 0.25) is 0 Å². The summed E-state index contributed by atoms with van der Waals surface area (Å²) < 4.78 is 116. The zero-order valence-corrected chi connectivity index (χ0v) is 52.7. The molecule has 10 rings (SSSR count). The van der Waals surface area contributed by atoms with Crippen molar-refractivity contribution in [2.45, 2.75) is 14.7 Å². The van der Waals surface area contributed by atoms with Crippen LogP contribution in [0.3, 0.4) is 0 Å².